The second-order valence-corrected chi connectivity index (χ2v) is 8.26. The van der Waals surface area contributed by atoms with Gasteiger partial charge in [0.05, 0.1) is 5.02 Å². The van der Waals surface area contributed by atoms with Crippen molar-refractivity contribution in [2.45, 2.75) is 32.8 Å². The third kappa shape index (κ3) is 5.88. The first-order chi connectivity index (χ1) is 15.9. The lowest BCUT2D eigenvalue weighted by Gasteiger charge is -2.24. The molecule has 0 spiro atoms. The number of anilines is 4. The molecule has 1 fully saturated rings. The highest BCUT2D eigenvalue weighted by molar-refractivity contribution is 6.35. The molecule has 4 rings (SSSR count). The Morgan fingerprint density at radius 2 is 1.67 bits per heavy atom. The predicted molar refractivity (Wildman–Crippen MR) is 129 cm³/mol. The summed E-state index contributed by atoms with van der Waals surface area (Å²) in [6.07, 6.45) is 3.59. The van der Waals surface area contributed by atoms with Crippen LogP contribution in [0.15, 0.2) is 36.5 Å². The molecule has 3 aromatic rings. The highest BCUT2D eigenvalue weighted by Gasteiger charge is 2.18. The summed E-state index contributed by atoms with van der Waals surface area (Å²) in [5.41, 5.74) is 2.25. The van der Waals surface area contributed by atoms with E-state index in [0.717, 1.165) is 25.9 Å². The van der Waals surface area contributed by atoms with Crippen molar-refractivity contribution in [3.05, 3.63) is 41.6 Å². The van der Waals surface area contributed by atoms with E-state index in [1.807, 2.05) is 6.07 Å². The lowest BCUT2D eigenvalue weighted by molar-refractivity contribution is -0.115. The lowest BCUT2D eigenvalue weighted by atomic mass is 10.1. The van der Waals surface area contributed by atoms with Gasteiger partial charge in [0.1, 0.15) is 17.4 Å². The van der Waals surface area contributed by atoms with Crippen LogP contribution in [0, 0.1) is 0 Å². The van der Waals surface area contributed by atoms with Crippen molar-refractivity contribution < 1.29 is 14.3 Å². The van der Waals surface area contributed by atoms with Gasteiger partial charge in [-0.15, -0.1) is 0 Å². The van der Waals surface area contributed by atoms with Gasteiger partial charge < -0.3 is 26.0 Å². The SMILES string of the molecule is CC(=O)Nc1cc(NC(C)=O)cc(Nc2ncc3c(Cl)ccc(OC4CCNCC4)c3n2)c1. The summed E-state index contributed by atoms with van der Waals surface area (Å²) in [5.74, 6) is 0.529. The number of nitrogens with one attached hydrogen (secondary N) is 4. The van der Waals surface area contributed by atoms with Gasteiger partial charge in [-0.1, -0.05) is 11.6 Å². The van der Waals surface area contributed by atoms with Gasteiger partial charge in [-0.25, -0.2) is 9.97 Å². The van der Waals surface area contributed by atoms with Gasteiger partial charge in [0.25, 0.3) is 0 Å². The molecule has 2 aromatic carbocycles. The number of benzene rings is 2. The lowest BCUT2D eigenvalue weighted by Crippen LogP contribution is -2.34. The fourth-order valence-electron chi connectivity index (χ4n) is 3.69. The summed E-state index contributed by atoms with van der Waals surface area (Å²) in [4.78, 5) is 32.1. The van der Waals surface area contributed by atoms with Crippen LogP contribution in [-0.4, -0.2) is 41.0 Å². The molecule has 2 amide bonds. The molecule has 0 bridgehead atoms. The third-order valence-electron chi connectivity index (χ3n) is 5.07. The van der Waals surface area contributed by atoms with E-state index in [1.165, 1.54) is 13.8 Å². The van der Waals surface area contributed by atoms with E-state index >= 15 is 0 Å². The maximum Gasteiger partial charge on any atom is 0.227 e. The van der Waals surface area contributed by atoms with Gasteiger partial charge in [0.15, 0.2) is 0 Å². The topological polar surface area (TPSA) is 117 Å². The fourth-order valence-corrected chi connectivity index (χ4v) is 3.89. The minimum absolute atomic E-state index is 0.108. The third-order valence-corrected chi connectivity index (χ3v) is 5.40. The first-order valence-electron chi connectivity index (χ1n) is 10.7. The fraction of sp³-hybridized carbons (Fsp3) is 0.304. The number of hydrogen-bond donors (Lipinski definition) is 4. The summed E-state index contributed by atoms with van der Waals surface area (Å²) in [6, 6.07) is 8.73. The number of halogens is 1. The van der Waals surface area contributed by atoms with Crippen LogP contribution < -0.4 is 26.0 Å². The van der Waals surface area contributed by atoms with Crippen LogP contribution >= 0.6 is 11.6 Å². The molecule has 0 radical (unpaired) electrons. The van der Waals surface area contributed by atoms with Crippen molar-refractivity contribution in [3.8, 4) is 5.75 Å². The molecule has 2 heterocycles. The Balaban J connectivity index is 1.66. The molecule has 1 aromatic heterocycles. The van der Waals surface area contributed by atoms with Gasteiger partial charge in [-0.3, -0.25) is 9.59 Å². The van der Waals surface area contributed by atoms with E-state index in [-0.39, 0.29) is 17.9 Å². The van der Waals surface area contributed by atoms with Crippen LogP contribution in [0.25, 0.3) is 10.9 Å². The van der Waals surface area contributed by atoms with Crippen molar-refractivity contribution in [2.75, 3.05) is 29.0 Å². The van der Waals surface area contributed by atoms with Crippen molar-refractivity contribution >= 4 is 57.3 Å². The molecule has 4 N–H and O–H groups in total. The largest absolute Gasteiger partial charge is 0.488 e. The van der Waals surface area contributed by atoms with Crippen molar-refractivity contribution in [2.24, 2.45) is 0 Å². The smallest absolute Gasteiger partial charge is 0.227 e. The number of fused-ring (bicyclic) bond motifs is 1. The zero-order valence-electron chi connectivity index (χ0n) is 18.4. The molecule has 0 aliphatic carbocycles. The molecule has 172 valence electrons. The maximum absolute atomic E-state index is 11.5. The molecule has 10 heteroatoms. The van der Waals surface area contributed by atoms with E-state index in [2.05, 4.69) is 31.2 Å². The molecule has 1 saturated heterocycles. The Kier molecular flexibility index (Phi) is 6.90. The highest BCUT2D eigenvalue weighted by atomic mass is 35.5. The van der Waals surface area contributed by atoms with Gasteiger partial charge in [0, 0.05) is 42.5 Å². The van der Waals surface area contributed by atoms with Crippen LogP contribution in [0.1, 0.15) is 26.7 Å². The van der Waals surface area contributed by atoms with E-state index in [0.29, 0.717) is 44.7 Å². The maximum atomic E-state index is 11.5. The van der Waals surface area contributed by atoms with Crippen molar-refractivity contribution in [1.29, 1.82) is 0 Å². The van der Waals surface area contributed by atoms with E-state index in [4.69, 9.17) is 16.3 Å². The molecule has 0 saturated carbocycles. The van der Waals surface area contributed by atoms with Gasteiger partial charge in [-0.2, -0.15) is 0 Å². The van der Waals surface area contributed by atoms with Crippen LogP contribution in [-0.2, 0) is 9.59 Å². The number of rotatable bonds is 6. The van der Waals surface area contributed by atoms with Gasteiger partial charge in [-0.05, 0) is 56.3 Å². The van der Waals surface area contributed by atoms with E-state index in [1.54, 1.807) is 30.5 Å². The highest BCUT2D eigenvalue weighted by Crippen LogP contribution is 2.32. The van der Waals surface area contributed by atoms with Crippen LogP contribution in [0.5, 0.6) is 5.75 Å². The quantitative estimate of drug-likeness (QED) is 0.430. The van der Waals surface area contributed by atoms with Crippen LogP contribution in [0.4, 0.5) is 23.0 Å². The Morgan fingerprint density at radius 3 is 2.30 bits per heavy atom. The standard InChI is InChI=1S/C23H25ClN6O3/c1-13(31)27-15-9-16(28-14(2)32)11-17(10-15)29-23-26-12-19-20(24)3-4-21(22(19)30-23)33-18-5-7-25-8-6-18/h3-4,9-12,18,25H,5-8H2,1-2H3,(H,27,31)(H,28,32)(H,26,29,30). The summed E-state index contributed by atoms with van der Waals surface area (Å²) in [5, 5.41) is 13.1. The second kappa shape index (κ2) is 10.0. The summed E-state index contributed by atoms with van der Waals surface area (Å²) < 4.78 is 6.24. The molecule has 0 unspecified atom stereocenters. The molecular formula is C23H25ClN6O3. The predicted octanol–water partition coefficient (Wildman–Crippen LogP) is 4.07. The number of amides is 2. The molecular weight excluding hydrogens is 444 g/mol. The van der Waals surface area contributed by atoms with Crippen LogP contribution in [0.3, 0.4) is 0 Å². The number of aromatic nitrogens is 2. The Bertz CT molecular complexity index is 1160. The minimum atomic E-state index is -0.225. The van der Waals surface area contributed by atoms with E-state index in [9.17, 15) is 9.59 Å². The van der Waals surface area contributed by atoms with E-state index < -0.39 is 0 Å². The molecule has 1 aliphatic heterocycles. The number of carbonyl (C=O) groups is 2. The molecule has 33 heavy (non-hydrogen) atoms. The number of piperidine rings is 1. The summed E-state index contributed by atoms with van der Waals surface area (Å²) in [7, 11) is 0. The summed E-state index contributed by atoms with van der Waals surface area (Å²) in [6.45, 7) is 4.66. The number of ether oxygens (including phenoxy) is 1. The average Bonchev–Trinajstić information content (AvgIpc) is 2.75. The number of carbonyl (C=O) groups excluding carboxylic acids is 2. The molecule has 1 aliphatic rings. The first kappa shape index (κ1) is 22.8. The monoisotopic (exact) mass is 468 g/mol. The van der Waals surface area contributed by atoms with Crippen molar-refractivity contribution in [1.82, 2.24) is 15.3 Å². The zero-order chi connectivity index (χ0) is 23.4. The Labute approximate surface area is 196 Å². The normalized spacial score (nSPS) is 14.0. The van der Waals surface area contributed by atoms with Gasteiger partial charge >= 0.3 is 0 Å². The van der Waals surface area contributed by atoms with Crippen LogP contribution in [0.2, 0.25) is 5.02 Å². The first-order valence-corrected chi connectivity index (χ1v) is 11.0. The Hall–Kier alpha value is -3.43. The average molecular weight is 469 g/mol. The Morgan fingerprint density at radius 1 is 1.03 bits per heavy atom. The zero-order valence-corrected chi connectivity index (χ0v) is 19.1. The molecule has 0 atom stereocenters. The van der Waals surface area contributed by atoms with Crippen molar-refractivity contribution in [3.63, 3.8) is 0 Å². The van der Waals surface area contributed by atoms with Gasteiger partial charge in [0.2, 0.25) is 17.8 Å². The number of hydrogen-bond acceptors (Lipinski definition) is 7. The second-order valence-electron chi connectivity index (χ2n) is 7.86. The summed E-state index contributed by atoms with van der Waals surface area (Å²) >= 11 is 6.38. The molecule has 9 nitrogen and oxygen atoms in total. The number of nitrogens with zero attached hydrogens (tertiary/aromatic N) is 2. The minimum Gasteiger partial charge on any atom is -0.488 e.